The predicted octanol–water partition coefficient (Wildman–Crippen LogP) is 2.61. The number of nitrogens with zero attached hydrogens (tertiary/aromatic N) is 6. The Balaban J connectivity index is 1.68. The van der Waals surface area contributed by atoms with Crippen molar-refractivity contribution in [3.8, 4) is 6.07 Å². The van der Waals surface area contributed by atoms with Crippen LogP contribution in [0.5, 0.6) is 0 Å². The van der Waals surface area contributed by atoms with E-state index in [1.165, 1.54) is 37.4 Å². The molecule has 0 unspecified atom stereocenters. The zero-order chi connectivity index (χ0) is 14.4. The maximum absolute atomic E-state index is 9.01. The zero-order valence-corrected chi connectivity index (χ0v) is 12.5. The van der Waals surface area contributed by atoms with Crippen molar-refractivity contribution in [1.29, 1.82) is 5.26 Å². The molecule has 4 rings (SSSR count). The molecule has 2 fully saturated rings. The molecule has 2 aromatic heterocycles. The predicted molar refractivity (Wildman–Crippen MR) is 75.9 cm³/mol. The van der Waals surface area contributed by atoms with E-state index >= 15 is 0 Å². The van der Waals surface area contributed by atoms with E-state index < -0.39 is 0 Å². The van der Waals surface area contributed by atoms with Crippen molar-refractivity contribution in [1.82, 2.24) is 24.7 Å². The van der Waals surface area contributed by atoms with Gasteiger partial charge in [-0.25, -0.2) is 9.97 Å². The highest BCUT2D eigenvalue weighted by Gasteiger charge is 2.36. The van der Waals surface area contributed by atoms with Gasteiger partial charge >= 0.3 is 0 Å². The molecule has 2 aliphatic carbocycles. The van der Waals surface area contributed by atoms with E-state index in [2.05, 4.69) is 30.8 Å². The van der Waals surface area contributed by atoms with E-state index in [4.69, 9.17) is 5.26 Å². The van der Waals surface area contributed by atoms with Crippen LogP contribution in [0.3, 0.4) is 0 Å². The molecule has 21 heavy (non-hydrogen) atoms. The van der Waals surface area contributed by atoms with Crippen LogP contribution < -0.4 is 0 Å². The summed E-state index contributed by atoms with van der Waals surface area (Å²) in [6.45, 7) is 1.87. The first-order valence-corrected chi connectivity index (χ1v) is 7.94. The normalized spacial score (nSPS) is 17.7. The highest BCUT2D eigenvalue weighted by atomic mass is 32.2. The van der Waals surface area contributed by atoms with Gasteiger partial charge in [0.05, 0.1) is 0 Å². The number of nitriles is 1. The second-order valence-corrected chi connectivity index (χ2v) is 6.54. The molecule has 2 aliphatic rings. The molecule has 2 heterocycles. The largest absolute Gasteiger partial charge is 0.302 e. The fourth-order valence-electron chi connectivity index (χ4n) is 2.38. The maximum Gasteiger partial charge on any atom is 0.199 e. The molecule has 0 amide bonds. The van der Waals surface area contributed by atoms with Crippen LogP contribution in [0.15, 0.2) is 16.4 Å². The third-order valence-electron chi connectivity index (χ3n) is 3.68. The molecule has 0 spiro atoms. The number of aromatic nitrogens is 5. The van der Waals surface area contributed by atoms with E-state index in [9.17, 15) is 0 Å². The van der Waals surface area contributed by atoms with Gasteiger partial charge in [-0.05, 0) is 50.4 Å². The van der Waals surface area contributed by atoms with E-state index in [0.29, 0.717) is 22.8 Å². The molecule has 0 atom stereocenters. The Kier molecular flexibility index (Phi) is 2.93. The van der Waals surface area contributed by atoms with Gasteiger partial charge in [-0.1, -0.05) is 0 Å². The van der Waals surface area contributed by atoms with Crippen molar-refractivity contribution in [3.63, 3.8) is 0 Å². The first kappa shape index (κ1) is 12.8. The minimum Gasteiger partial charge on any atom is -0.302 e. The molecular weight excluding hydrogens is 284 g/mol. The van der Waals surface area contributed by atoms with Crippen molar-refractivity contribution in [2.24, 2.45) is 0 Å². The lowest BCUT2D eigenvalue weighted by molar-refractivity contribution is 0.626. The van der Waals surface area contributed by atoms with Gasteiger partial charge in [-0.2, -0.15) is 5.26 Å². The summed E-state index contributed by atoms with van der Waals surface area (Å²) in [7, 11) is 0. The molecule has 0 saturated heterocycles. The monoisotopic (exact) mass is 298 g/mol. The summed E-state index contributed by atoms with van der Waals surface area (Å²) in [5.41, 5.74) is 1.19. The van der Waals surface area contributed by atoms with Crippen LogP contribution >= 0.6 is 11.8 Å². The van der Waals surface area contributed by atoms with Crippen LogP contribution in [0.2, 0.25) is 0 Å². The van der Waals surface area contributed by atoms with Crippen LogP contribution in [0.25, 0.3) is 0 Å². The number of hydrogen-bond donors (Lipinski definition) is 0. The number of aryl methyl sites for hydroxylation is 1. The van der Waals surface area contributed by atoms with Gasteiger partial charge < -0.3 is 4.57 Å². The molecule has 0 N–H and O–H groups in total. The maximum atomic E-state index is 9.01. The average Bonchev–Trinajstić information content (AvgIpc) is 3.37. The fraction of sp³-hybridized carbons (Fsp3) is 0.500. The van der Waals surface area contributed by atoms with Crippen LogP contribution in [0.1, 0.15) is 54.9 Å². The smallest absolute Gasteiger partial charge is 0.199 e. The lowest BCUT2D eigenvalue weighted by Gasteiger charge is -2.07. The molecule has 0 radical (unpaired) electrons. The Morgan fingerprint density at radius 2 is 2.05 bits per heavy atom. The van der Waals surface area contributed by atoms with Crippen LogP contribution in [-0.2, 0) is 0 Å². The lowest BCUT2D eigenvalue weighted by Crippen LogP contribution is -2.02. The summed E-state index contributed by atoms with van der Waals surface area (Å²) >= 11 is 1.41. The van der Waals surface area contributed by atoms with Crippen molar-refractivity contribution >= 4 is 11.8 Å². The van der Waals surface area contributed by atoms with E-state index in [-0.39, 0.29) is 0 Å². The van der Waals surface area contributed by atoms with Crippen molar-refractivity contribution in [2.45, 2.75) is 54.9 Å². The molecule has 0 aliphatic heterocycles. The fourth-order valence-corrected chi connectivity index (χ4v) is 3.30. The lowest BCUT2D eigenvalue weighted by atomic mass is 10.4. The summed E-state index contributed by atoms with van der Waals surface area (Å²) in [6.07, 6.45) is 4.83. The summed E-state index contributed by atoms with van der Waals surface area (Å²) < 4.78 is 2.26. The Labute approximate surface area is 126 Å². The quantitative estimate of drug-likeness (QED) is 0.807. The van der Waals surface area contributed by atoms with E-state index in [1.54, 1.807) is 6.07 Å². The molecule has 6 nitrogen and oxygen atoms in total. The van der Waals surface area contributed by atoms with Gasteiger partial charge in [-0.15, -0.1) is 10.2 Å². The Morgan fingerprint density at radius 1 is 1.24 bits per heavy atom. The van der Waals surface area contributed by atoms with Gasteiger partial charge in [0.1, 0.15) is 17.6 Å². The topological polar surface area (TPSA) is 80.3 Å². The van der Waals surface area contributed by atoms with E-state index in [0.717, 1.165) is 16.7 Å². The van der Waals surface area contributed by atoms with Crippen molar-refractivity contribution in [2.75, 3.05) is 0 Å². The van der Waals surface area contributed by atoms with Gasteiger partial charge in [0.25, 0.3) is 0 Å². The Morgan fingerprint density at radius 3 is 2.71 bits per heavy atom. The summed E-state index contributed by atoms with van der Waals surface area (Å²) in [5, 5.41) is 19.1. The van der Waals surface area contributed by atoms with Crippen LogP contribution in [0.4, 0.5) is 0 Å². The standard InChI is InChI=1S/C14H14N6S/c1-8-6-10(7-15)17-13(16-8)21-14-19-18-12(9-2-3-9)20(14)11-4-5-11/h6,9,11H,2-5H2,1H3. The van der Waals surface area contributed by atoms with E-state index in [1.807, 2.05) is 6.92 Å². The second kappa shape index (κ2) is 4.81. The van der Waals surface area contributed by atoms with Crippen LogP contribution in [-0.4, -0.2) is 24.7 Å². The van der Waals surface area contributed by atoms with Crippen LogP contribution in [0, 0.1) is 18.3 Å². The van der Waals surface area contributed by atoms with Gasteiger partial charge in [0.15, 0.2) is 10.3 Å². The van der Waals surface area contributed by atoms with Gasteiger partial charge in [0.2, 0.25) is 0 Å². The molecular formula is C14H14N6S. The molecule has 0 bridgehead atoms. The van der Waals surface area contributed by atoms with Gasteiger partial charge in [-0.3, -0.25) is 0 Å². The molecule has 2 aromatic rings. The molecule has 0 aromatic carbocycles. The summed E-state index contributed by atoms with van der Waals surface area (Å²) in [6, 6.07) is 4.30. The number of rotatable bonds is 4. The highest BCUT2D eigenvalue weighted by Crippen LogP contribution is 2.46. The molecule has 2 saturated carbocycles. The van der Waals surface area contributed by atoms with Gasteiger partial charge in [0, 0.05) is 17.7 Å². The summed E-state index contributed by atoms with van der Waals surface area (Å²) in [4.78, 5) is 8.63. The zero-order valence-electron chi connectivity index (χ0n) is 11.7. The minimum atomic E-state index is 0.393. The average molecular weight is 298 g/mol. The minimum absolute atomic E-state index is 0.393. The molecule has 7 heteroatoms. The van der Waals surface area contributed by atoms with Crippen molar-refractivity contribution < 1.29 is 0 Å². The molecule has 106 valence electrons. The first-order valence-electron chi connectivity index (χ1n) is 7.13. The third kappa shape index (κ3) is 2.51. The highest BCUT2D eigenvalue weighted by molar-refractivity contribution is 7.99. The second-order valence-electron chi connectivity index (χ2n) is 5.61. The SMILES string of the molecule is Cc1cc(C#N)nc(Sc2nnc(C3CC3)n2C2CC2)n1. The third-order valence-corrected chi connectivity index (χ3v) is 4.50. The Bertz CT molecular complexity index is 738. The summed E-state index contributed by atoms with van der Waals surface area (Å²) in [5.74, 6) is 1.70. The number of hydrogen-bond acceptors (Lipinski definition) is 6. The Hall–Kier alpha value is -1.94. The van der Waals surface area contributed by atoms with Crippen molar-refractivity contribution in [3.05, 3.63) is 23.3 Å². The first-order chi connectivity index (χ1) is 10.2.